The highest BCUT2D eigenvalue weighted by molar-refractivity contribution is 7.94. The Morgan fingerprint density at radius 1 is 0.958 bits per heavy atom. The molecule has 1 heterocycles. The molecule has 124 valence electrons. The number of nitrogens with one attached hydrogen (secondary N) is 1. The molecule has 7 heteroatoms. The van der Waals surface area contributed by atoms with Crippen molar-refractivity contribution in [2.75, 3.05) is 4.72 Å². The number of anilines is 1. The molecule has 1 N–H and O–H groups in total. The van der Waals surface area contributed by atoms with E-state index < -0.39 is 10.0 Å². The van der Waals surface area contributed by atoms with Crippen LogP contribution in [0.3, 0.4) is 0 Å². The lowest BCUT2D eigenvalue weighted by molar-refractivity contribution is 0.306. The van der Waals surface area contributed by atoms with Crippen LogP contribution >= 0.6 is 22.9 Å². The Hall–Kier alpha value is -2.02. The summed E-state index contributed by atoms with van der Waals surface area (Å²) in [6.45, 7) is 0.458. The van der Waals surface area contributed by atoms with E-state index in [4.69, 9.17) is 16.3 Å². The molecule has 0 radical (unpaired) electrons. The van der Waals surface area contributed by atoms with Crippen molar-refractivity contribution in [1.29, 1.82) is 0 Å². The van der Waals surface area contributed by atoms with Crippen molar-refractivity contribution in [3.63, 3.8) is 0 Å². The molecule has 1 aromatic heterocycles. The van der Waals surface area contributed by atoms with Gasteiger partial charge in [-0.2, -0.15) is 0 Å². The smallest absolute Gasteiger partial charge is 0.271 e. The van der Waals surface area contributed by atoms with E-state index in [1.54, 1.807) is 30.3 Å². The highest BCUT2D eigenvalue weighted by atomic mass is 35.5. The number of hydrogen-bond acceptors (Lipinski definition) is 4. The largest absolute Gasteiger partial charge is 0.489 e. The summed E-state index contributed by atoms with van der Waals surface area (Å²) in [5.41, 5.74) is 1.53. The summed E-state index contributed by atoms with van der Waals surface area (Å²) in [6.07, 6.45) is 0. The molecule has 0 saturated heterocycles. The molecule has 0 saturated carbocycles. The average Bonchev–Trinajstić information content (AvgIpc) is 3.02. The number of sulfonamides is 1. The van der Waals surface area contributed by atoms with E-state index in [0.29, 0.717) is 22.4 Å². The van der Waals surface area contributed by atoms with Crippen LogP contribution in [0.25, 0.3) is 0 Å². The first-order chi connectivity index (χ1) is 11.5. The molecule has 0 atom stereocenters. The molecule has 3 rings (SSSR count). The lowest BCUT2D eigenvalue weighted by Gasteiger charge is -2.09. The van der Waals surface area contributed by atoms with Gasteiger partial charge >= 0.3 is 0 Å². The van der Waals surface area contributed by atoms with Gasteiger partial charge in [0.2, 0.25) is 0 Å². The van der Waals surface area contributed by atoms with Crippen molar-refractivity contribution in [3.8, 4) is 5.75 Å². The van der Waals surface area contributed by atoms with Crippen molar-refractivity contribution < 1.29 is 13.2 Å². The predicted octanol–water partition coefficient (Wildman–Crippen LogP) is 4.78. The Kier molecular flexibility index (Phi) is 5.08. The van der Waals surface area contributed by atoms with Crippen LogP contribution in [0.5, 0.6) is 5.75 Å². The first-order valence-electron chi connectivity index (χ1n) is 7.08. The molecular formula is C17H14ClNO3S2. The first-order valence-corrected chi connectivity index (χ1v) is 9.76. The van der Waals surface area contributed by atoms with Gasteiger partial charge in [-0.1, -0.05) is 41.9 Å². The fraction of sp³-hybridized carbons (Fsp3) is 0.0588. The third-order valence-corrected chi connectivity index (χ3v) is 6.27. The van der Waals surface area contributed by atoms with Gasteiger partial charge in [-0.25, -0.2) is 8.42 Å². The predicted molar refractivity (Wildman–Crippen MR) is 97.4 cm³/mol. The van der Waals surface area contributed by atoms with Crippen molar-refractivity contribution in [3.05, 3.63) is 76.6 Å². The highest BCUT2D eigenvalue weighted by Gasteiger charge is 2.16. The van der Waals surface area contributed by atoms with Gasteiger partial charge < -0.3 is 4.74 Å². The zero-order chi connectivity index (χ0) is 17.0. The average molecular weight is 380 g/mol. The topological polar surface area (TPSA) is 55.4 Å². The van der Waals surface area contributed by atoms with Crippen molar-refractivity contribution >= 4 is 38.6 Å². The Bertz CT molecular complexity index is 907. The maximum absolute atomic E-state index is 12.2. The van der Waals surface area contributed by atoms with E-state index >= 15 is 0 Å². The SMILES string of the molecule is O=S(=O)(Nc1ccc(OCc2ccccc2)cc1)c1ccc(Cl)s1. The Morgan fingerprint density at radius 3 is 2.29 bits per heavy atom. The van der Waals surface area contributed by atoms with E-state index in [1.165, 1.54) is 6.07 Å². The zero-order valence-corrected chi connectivity index (χ0v) is 14.9. The molecule has 0 aliphatic heterocycles. The summed E-state index contributed by atoms with van der Waals surface area (Å²) in [4.78, 5) is 0. The maximum atomic E-state index is 12.2. The first kappa shape index (κ1) is 16.8. The lowest BCUT2D eigenvalue weighted by atomic mass is 10.2. The second-order valence-electron chi connectivity index (χ2n) is 4.96. The van der Waals surface area contributed by atoms with Gasteiger partial charge in [0.25, 0.3) is 10.0 Å². The van der Waals surface area contributed by atoms with Crippen molar-refractivity contribution in [2.45, 2.75) is 10.8 Å². The second-order valence-corrected chi connectivity index (χ2v) is 8.59. The number of benzene rings is 2. The molecule has 2 aromatic carbocycles. The number of hydrogen-bond donors (Lipinski definition) is 1. The second kappa shape index (κ2) is 7.25. The third-order valence-electron chi connectivity index (χ3n) is 3.17. The molecule has 0 aliphatic carbocycles. The summed E-state index contributed by atoms with van der Waals surface area (Å²) < 4.78 is 33.2. The van der Waals surface area contributed by atoms with Gasteiger partial charge in [0.05, 0.1) is 4.34 Å². The monoisotopic (exact) mass is 379 g/mol. The molecule has 0 spiro atoms. The molecule has 0 bridgehead atoms. The normalized spacial score (nSPS) is 11.2. The van der Waals surface area contributed by atoms with Crippen molar-refractivity contribution in [1.82, 2.24) is 0 Å². The minimum Gasteiger partial charge on any atom is -0.489 e. The maximum Gasteiger partial charge on any atom is 0.271 e. The molecule has 0 fully saturated rings. The number of ether oxygens (including phenoxy) is 1. The van der Waals surface area contributed by atoms with Crippen molar-refractivity contribution in [2.24, 2.45) is 0 Å². The van der Waals surface area contributed by atoms with Crippen LogP contribution in [0, 0.1) is 0 Å². The molecule has 0 aliphatic rings. The summed E-state index contributed by atoms with van der Waals surface area (Å²) in [7, 11) is -3.62. The molecule has 0 amide bonds. The van der Waals surface area contributed by atoms with Crippen LogP contribution in [0.2, 0.25) is 4.34 Å². The Labute approximate surface area is 149 Å². The molecule has 0 unspecified atom stereocenters. The molecule has 4 nitrogen and oxygen atoms in total. The molecular weight excluding hydrogens is 366 g/mol. The van der Waals surface area contributed by atoms with E-state index in [9.17, 15) is 8.42 Å². The van der Waals surface area contributed by atoms with Gasteiger partial charge in [-0.15, -0.1) is 11.3 Å². The van der Waals surface area contributed by atoms with E-state index in [-0.39, 0.29) is 4.21 Å². The third kappa shape index (κ3) is 4.29. The zero-order valence-electron chi connectivity index (χ0n) is 12.5. The van der Waals surface area contributed by atoms with Crippen LogP contribution < -0.4 is 9.46 Å². The van der Waals surface area contributed by atoms with E-state index in [0.717, 1.165) is 16.9 Å². The Balaban J connectivity index is 1.64. The summed E-state index contributed by atoms with van der Waals surface area (Å²) in [5.74, 6) is 0.668. The van der Waals surface area contributed by atoms with Crippen LogP contribution in [-0.2, 0) is 16.6 Å². The van der Waals surface area contributed by atoms with Gasteiger partial charge in [0, 0.05) is 5.69 Å². The quantitative estimate of drug-likeness (QED) is 0.670. The standard InChI is InChI=1S/C17H14ClNO3S2/c18-16-10-11-17(23-16)24(20,21)19-14-6-8-15(9-7-14)22-12-13-4-2-1-3-5-13/h1-11,19H,12H2. The van der Waals surface area contributed by atoms with Crippen LogP contribution in [0.15, 0.2) is 70.9 Å². The highest BCUT2D eigenvalue weighted by Crippen LogP contribution is 2.27. The number of thiophene rings is 1. The summed E-state index contributed by atoms with van der Waals surface area (Å²) in [6, 6.07) is 19.6. The minimum atomic E-state index is -3.62. The van der Waals surface area contributed by atoms with Crippen LogP contribution in [-0.4, -0.2) is 8.42 Å². The fourth-order valence-electron chi connectivity index (χ4n) is 2.01. The van der Waals surface area contributed by atoms with Gasteiger partial charge in [-0.05, 0) is 42.0 Å². The van der Waals surface area contributed by atoms with E-state index in [1.807, 2.05) is 30.3 Å². The fourth-order valence-corrected chi connectivity index (χ4v) is 4.55. The summed E-state index contributed by atoms with van der Waals surface area (Å²) in [5, 5.41) is 0. The van der Waals surface area contributed by atoms with Gasteiger partial charge in [-0.3, -0.25) is 4.72 Å². The summed E-state index contributed by atoms with van der Waals surface area (Å²) >= 11 is 6.80. The lowest BCUT2D eigenvalue weighted by Crippen LogP contribution is -2.11. The van der Waals surface area contributed by atoms with Gasteiger partial charge in [0.15, 0.2) is 0 Å². The van der Waals surface area contributed by atoms with Crippen LogP contribution in [0.1, 0.15) is 5.56 Å². The number of rotatable bonds is 6. The van der Waals surface area contributed by atoms with Crippen LogP contribution in [0.4, 0.5) is 5.69 Å². The minimum absolute atomic E-state index is 0.178. The number of halogens is 1. The Morgan fingerprint density at radius 2 is 1.67 bits per heavy atom. The van der Waals surface area contributed by atoms with Gasteiger partial charge in [0.1, 0.15) is 16.6 Å². The van der Waals surface area contributed by atoms with E-state index in [2.05, 4.69) is 4.72 Å². The molecule has 3 aromatic rings. The molecule has 24 heavy (non-hydrogen) atoms.